The number of methoxy groups -OCH3 is 2. The van der Waals surface area contributed by atoms with E-state index in [9.17, 15) is 9.59 Å². The van der Waals surface area contributed by atoms with E-state index < -0.39 is 11.6 Å². The number of rotatable bonds is 4. The summed E-state index contributed by atoms with van der Waals surface area (Å²) in [5.74, 6) is -0.245. The molecule has 122 valence electrons. The van der Waals surface area contributed by atoms with Crippen molar-refractivity contribution in [3.63, 3.8) is 0 Å². The standard InChI is InChI=1S/C18H14O6/c1-21-12-8-9-13-14(10-12)23-18(20)16(22-2)15(13)24-17(19)11-6-4-3-5-7-11/h3-10H,1-2H3. The second-order valence-electron chi connectivity index (χ2n) is 4.87. The Labute approximate surface area is 137 Å². The Bertz CT molecular complexity index is 943. The average molecular weight is 326 g/mol. The van der Waals surface area contributed by atoms with E-state index in [0.29, 0.717) is 16.7 Å². The van der Waals surface area contributed by atoms with Crippen molar-refractivity contribution in [3.05, 3.63) is 64.5 Å². The first-order chi connectivity index (χ1) is 11.6. The summed E-state index contributed by atoms with van der Waals surface area (Å²) in [7, 11) is 2.81. The SMILES string of the molecule is COc1ccc2c(OC(=O)c3ccccc3)c(OC)c(=O)oc2c1. The van der Waals surface area contributed by atoms with Crippen LogP contribution >= 0.6 is 0 Å². The summed E-state index contributed by atoms with van der Waals surface area (Å²) >= 11 is 0. The number of esters is 1. The van der Waals surface area contributed by atoms with Crippen molar-refractivity contribution >= 4 is 16.9 Å². The van der Waals surface area contributed by atoms with E-state index >= 15 is 0 Å². The minimum Gasteiger partial charge on any atom is -0.497 e. The van der Waals surface area contributed by atoms with Crippen molar-refractivity contribution in [1.29, 1.82) is 0 Å². The fraction of sp³-hybridized carbons (Fsp3) is 0.111. The Hall–Kier alpha value is -3.28. The third kappa shape index (κ3) is 2.81. The number of carbonyl (C=O) groups excluding carboxylic acids is 1. The monoisotopic (exact) mass is 326 g/mol. The van der Waals surface area contributed by atoms with Gasteiger partial charge in [-0.3, -0.25) is 0 Å². The minimum atomic E-state index is -0.742. The molecule has 0 aliphatic heterocycles. The molecule has 0 saturated carbocycles. The molecule has 2 aromatic carbocycles. The molecule has 0 unspecified atom stereocenters. The molecule has 0 spiro atoms. The molecule has 0 amide bonds. The molecule has 3 rings (SSSR count). The zero-order valence-corrected chi connectivity index (χ0v) is 13.1. The molecule has 0 N–H and O–H groups in total. The lowest BCUT2D eigenvalue weighted by atomic mass is 10.2. The zero-order chi connectivity index (χ0) is 17.1. The van der Waals surface area contributed by atoms with Gasteiger partial charge in [0.25, 0.3) is 0 Å². The first-order valence-corrected chi connectivity index (χ1v) is 7.10. The van der Waals surface area contributed by atoms with Crippen LogP contribution < -0.4 is 19.8 Å². The molecule has 0 aliphatic carbocycles. The van der Waals surface area contributed by atoms with Crippen LogP contribution in [0.3, 0.4) is 0 Å². The number of benzene rings is 2. The van der Waals surface area contributed by atoms with E-state index in [1.54, 1.807) is 42.5 Å². The molecule has 0 bridgehead atoms. The molecule has 0 aliphatic rings. The smallest absolute Gasteiger partial charge is 0.383 e. The maximum absolute atomic E-state index is 12.3. The highest BCUT2D eigenvalue weighted by atomic mass is 16.6. The molecule has 0 atom stereocenters. The van der Waals surface area contributed by atoms with Gasteiger partial charge in [-0.25, -0.2) is 9.59 Å². The average Bonchev–Trinajstić information content (AvgIpc) is 2.61. The van der Waals surface area contributed by atoms with Gasteiger partial charge >= 0.3 is 11.6 Å². The van der Waals surface area contributed by atoms with Crippen molar-refractivity contribution < 1.29 is 23.4 Å². The third-order valence-electron chi connectivity index (χ3n) is 3.44. The summed E-state index contributed by atoms with van der Waals surface area (Å²) in [6, 6.07) is 13.3. The molecule has 3 aromatic rings. The Kier molecular flexibility index (Phi) is 4.20. The molecule has 1 heterocycles. The summed E-state index contributed by atoms with van der Waals surface area (Å²) < 4.78 is 20.8. The number of hydrogen-bond donors (Lipinski definition) is 0. The van der Waals surface area contributed by atoms with Crippen LogP contribution in [0, 0.1) is 0 Å². The molecule has 6 nitrogen and oxygen atoms in total. The second-order valence-corrected chi connectivity index (χ2v) is 4.87. The highest BCUT2D eigenvalue weighted by Gasteiger charge is 2.21. The van der Waals surface area contributed by atoms with Crippen molar-refractivity contribution in [2.45, 2.75) is 0 Å². The van der Waals surface area contributed by atoms with Gasteiger partial charge in [0.15, 0.2) is 5.75 Å². The quantitative estimate of drug-likeness (QED) is 0.542. The fourth-order valence-electron chi connectivity index (χ4n) is 2.27. The molecular formula is C18H14O6. The maximum Gasteiger partial charge on any atom is 0.383 e. The molecule has 6 heteroatoms. The molecule has 0 saturated heterocycles. The van der Waals surface area contributed by atoms with Crippen LogP contribution in [0.2, 0.25) is 0 Å². The van der Waals surface area contributed by atoms with Gasteiger partial charge in [-0.15, -0.1) is 0 Å². The Balaban J connectivity index is 2.14. The Morgan fingerprint density at radius 2 is 1.71 bits per heavy atom. The van der Waals surface area contributed by atoms with E-state index in [2.05, 4.69) is 0 Å². The second kappa shape index (κ2) is 6.45. The Morgan fingerprint density at radius 1 is 0.958 bits per heavy atom. The first kappa shape index (κ1) is 15.6. The van der Waals surface area contributed by atoms with E-state index in [4.69, 9.17) is 18.6 Å². The minimum absolute atomic E-state index is 0.0141. The van der Waals surface area contributed by atoms with Gasteiger partial charge < -0.3 is 18.6 Å². The van der Waals surface area contributed by atoms with Crippen LogP contribution in [-0.2, 0) is 0 Å². The lowest BCUT2D eigenvalue weighted by Crippen LogP contribution is -2.13. The number of ether oxygens (including phenoxy) is 3. The van der Waals surface area contributed by atoms with E-state index in [0.717, 1.165) is 0 Å². The Morgan fingerprint density at radius 3 is 2.38 bits per heavy atom. The summed E-state index contributed by atoms with van der Waals surface area (Å²) in [4.78, 5) is 24.4. The van der Waals surface area contributed by atoms with Crippen molar-refractivity contribution in [2.75, 3.05) is 14.2 Å². The van der Waals surface area contributed by atoms with Crippen LogP contribution in [0.4, 0.5) is 0 Å². The largest absolute Gasteiger partial charge is 0.497 e. The molecule has 0 radical (unpaired) electrons. The zero-order valence-electron chi connectivity index (χ0n) is 13.1. The number of fused-ring (bicyclic) bond motifs is 1. The topological polar surface area (TPSA) is 75.0 Å². The van der Waals surface area contributed by atoms with Gasteiger partial charge in [0, 0.05) is 6.07 Å². The summed E-state index contributed by atoms with van der Waals surface area (Å²) in [5, 5.41) is 0.427. The normalized spacial score (nSPS) is 10.4. The van der Waals surface area contributed by atoms with Crippen LogP contribution in [0.25, 0.3) is 11.0 Å². The van der Waals surface area contributed by atoms with Gasteiger partial charge in [-0.05, 0) is 24.3 Å². The highest BCUT2D eigenvalue weighted by molar-refractivity contribution is 5.95. The van der Waals surface area contributed by atoms with Gasteiger partial charge in [0.05, 0.1) is 25.2 Å². The van der Waals surface area contributed by atoms with Gasteiger partial charge in [-0.1, -0.05) is 18.2 Å². The third-order valence-corrected chi connectivity index (χ3v) is 3.44. The highest BCUT2D eigenvalue weighted by Crippen LogP contribution is 2.34. The van der Waals surface area contributed by atoms with Crippen molar-refractivity contribution in [3.8, 4) is 17.2 Å². The fourth-order valence-corrected chi connectivity index (χ4v) is 2.27. The molecule has 0 fully saturated rings. The lowest BCUT2D eigenvalue weighted by molar-refractivity contribution is 0.0731. The van der Waals surface area contributed by atoms with Crippen molar-refractivity contribution in [1.82, 2.24) is 0 Å². The molecular weight excluding hydrogens is 312 g/mol. The van der Waals surface area contributed by atoms with Gasteiger partial charge in [0.1, 0.15) is 11.3 Å². The van der Waals surface area contributed by atoms with Crippen LogP contribution in [0.5, 0.6) is 17.2 Å². The van der Waals surface area contributed by atoms with Crippen LogP contribution in [0.15, 0.2) is 57.7 Å². The van der Waals surface area contributed by atoms with E-state index in [1.165, 1.54) is 20.3 Å². The first-order valence-electron chi connectivity index (χ1n) is 7.10. The summed E-state index contributed by atoms with van der Waals surface area (Å²) in [5.41, 5.74) is -0.153. The lowest BCUT2D eigenvalue weighted by Gasteiger charge is -2.11. The number of carbonyl (C=O) groups is 1. The van der Waals surface area contributed by atoms with E-state index in [-0.39, 0.29) is 17.1 Å². The maximum atomic E-state index is 12.3. The predicted molar refractivity (Wildman–Crippen MR) is 87.0 cm³/mol. The molecule has 24 heavy (non-hydrogen) atoms. The van der Waals surface area contributed by atoms with Gasteiger partial charge in [-0.2, -0.15) is 0 Å². The summed E-state index contributed by atoms with van der Waals surface area (Å²) in [6.45, 7) is 0. The van der Waals surface area contributed by atoms with Gasteiger partial charge in [0.2, 0.25) is 5.75 Å². The van der Waals surface area contributed by atoms with Crippen molar-refractivity contribution in [2.24, 2.45) is 0 Å². The van der Waals surface area contributed by atoms with Crippen LogP contribution in [0.1, 0.15) is 10.4 Å². The van der Waals surface area contributed by atoms with E-state index in [1.807, 2.05) is 0 Å². The summed E-state index contributed by atoms with van der Waals surface area (Å²) in [6.07, 6.45) is 0. The molecule has 1 aromatic heterocycles. The number of hydrogen-bond acceptors (Lipinski definition) is 6. The predicted octanol–water partition coefficient (Wildman–Crippen LogP) is 3.03. The van der Waals surface area contributed by atoms with Crippen LogP contribution in [-0.4, -0.2) is 20.2 Å².